The summed E-state index contributed by atoms with van der Waals surface area (Å²) in [6, 6.07) is 6.88. The summed E-state index contributed by atoms with van der Waals surface area (Å²) in [5.74, 6) is 0.684. The Bertz CT molecular complexity index is 723. The SMILES string of the molecule is CCNC(=NCC(=O)N1CCCC1)NCCc1ccc(S(C)(=O)=O)cc1. The first-order chi connectivity index (χ1) is 12.4. The van der Waals surface area contributed by atoms with Crippen LogP contribution < -0.4 is 10.6 Å². The Morgan fingerprint density at radius 3 is 2.38 bits per heavy atom. The van der Waals surface area contributed by atoms with E-state index in [4.69, 9.17) is 0 Å². The lowest BCUT2D eigenvalue weighted by Gasteiger charge is -2.15. The minimum absolute atomic E-state index is 0.0658. The van der Waals surface area contributed by atoms with Gasteiger partial charge in [0, 0.05) is 32.4 Å². The third kappa shape index (κ3) is 6.33. The lowest BCUT2D eigenvalue weighted by atomic mass is 10.1. The van der Waals surface area contributed by atoms with Gasteiger partial charge in [-0.15, -0.1) is 0 Å². The molecule has 2 rings (SSSR count). The number of nitrogens with one attached hydrogen (secondary N) is 2. The van der Waals surface area contributed by atoms with E-state index >= 15 is 0 Å². The Hall–Kier alpha value is -2.09. The monoisotopic (exact) mass is 380 g/mol. The van der Waals surface area contributed by atoms with Crippen LogP contribution in [0.1, 0.15) is 25.3 Å². The van der Waals surface area contributed by atoms with Gasteiger partial charge < -0.3 is 15.5 Å². The van der Waals surface area contributed by atoms with Crippen molar-refractivity contribution in [3.05, 3.63) is 29.8 Å². The van der Waals surface area contributed by atoms with Gasteiger partial charge in [0.1, 0.15) is 6.54 Å². The number of benzene rings is 1. The molecular weight excluding hydrogens is 352 g/mol. The smallest absolute Gasteiger partial charge is 0.244 e. The number of nitrogens with zero attached hydrogens (tertiary/aromatic N) is 2. The molecule has 1 aromatic rings. The van der Waals surface area contributed by atoms with Crippen LogP contribution in [-0.2, 0) is 21.1 Å². The van der Waals surface area contributed by atoms with E-state index in [0.717, 1.165) is 37.9 Å². The van der Waals surface area contributed by atoms with Crippen molar-refractivity contribution >= 4 is 21.7 Å². The minimum Gasteiger partial charge on any atom is -0.357 e. The third-order valence-electron chi connectivity index (χ3n) is 4.23. The van der Waals surface area contributed by atoms with Gasteiger partial charge in [0.15, 0.2) is 15.8 Å². The molecule has 144 valence electrons. The summed E-state index contributed by atoms with van der Waals surface area (Å²) in [5.41, 5.74) is 1.04. The van der Waals surface area contributed by atoms with Crippen molar-refractivity contribution in [1.29, 1.82) is 0 Å². The van der Waals surface area contributed by atoms with Crippen molar-refractivity contribution in [3.63, 3.8) is 0 Å². The number of carbonyl (C=O) groups excluding carboxylic acids is 1. The molecule has 0 aliphatic carbocycles. The van der Waals surface area contributed by atoms with Crippen molar-refractivity contribution in [2.75, 3.05) is 39.0 Å². The maximum atomic E-state index is 12.1. The molecule has 7 nitrogen and oxygen atoms in total. The van der Waals surface area contributed by atoms with Crippen molar-refractivity contribution in [2.45, 2.75) is 31.1 Å². The van der Waals surface area contributed by atoms with E-state index in [1.165, 1.54) is 6.26 Å². The first kappa shape index (κ1) is 20.2. The van der Waals surface area contributed by atoms with Crippen LogP contribution >= 0.6 is 0 Å². The van der Waals surface area contributed by atoms with Gasteiger partial charge >= 0.3 is 0 Å². The lowest BCUT2D eigenvalue weighted by Crippen LogP contribution is -2.39. The minimum atomic E-state index is -3.16. The number of guanidine groups is 1. The summed E-state index contributed by atoms with van der Waals surface area (Å²) in [6.45, 7) is 5.15. The zero-order valence-electron chi connectivity index (χ0n) is 15.5. The molecule has 26 heavy (non-hydrogen) atoms. The van der Waals surface area contributed by atoms with Crippen LogP contribution in [0.25, 0.3) is 0 Å². The van der Waals surface area contributed by atoms with Gasteiger partial charge in [0.2, 0.25) is 5.91 Å². The fourth-order valence-corrected chi connectivity index (χ4v) is 3.41. The molecule has 1 aromatic carbocycles. The highest BCUT2D eigenvalue weighted by Crippen LogP contribution is 2.10. The molecule has 0 aromatic heterocycles. The number of rotatable bonds is 7. The number of hydrogen-bond acceptors (Lipinski definition) is 4. The second-order valence-electron chi connectivity index (χ2n) is 6.38. The van der Waals surface area contributed by atoms with E-state index in [1.54, 1.807) is 12.1 Å². The predicted octanol–water partition coefficient (Wildman–Crippen LogP) is 0.810. The van der Waals surface area contributed by atoms with Gasteiger partial charge in [-0.25, -0.2) is 13.4 Å². The number of amides is 1. The highest BCUT2D eigenvalue weighted by molar-refractivity contribution is 7.90. The van der Waals surface area contributed by atoms with Crippen LogP contribution in [0.3, 0.4) is 0 Å². The fourth-order valence-electron chi connectivity index (χ4n) is 2.78. The molecule has 0 saturated carbocycles. The Morgan fingerprint density at radius 1 is 1.15 bits per heavy atom. The summed E-state index contributed by atoms with van der Waals surface area (Å²) in [4.78, 5) is 18.6. The molecule has 0 radical (unpaired) electrons. The number of hydrogen-bond donors (Lipinski definition) is 2. The van der Waals surface area contributed by atoms with Gasteiger partial charge in [0.25, 0.3) is 0 Å². The second-order valence-corrected chi connectivity index (χ2v) is 8.39. The molecule has 8 heteroatoms. The van der Waals surface area contributed by atoms with Crippen LogP contribution in [0.4, 0.5) is 0 Å². The molecule has 0 spiro atoms. The van der Waals surface area contributed by atoms with E-state index in [-0.39, 0.29) is 12.5 Å². The van der Waals surface area contributed by atoms with E-state index in [0.29, 0.717) is 23.9 Å². The Labute approximate surface area is 155 Å². The summed E-state index contributed by atoms with van der Waals surface area (Å²) in [7, 11) is -3.16. The Balaban J connectivity index is 1.83. The number of carbonyl (C=O) groups is 1. The van der Waals surface area contributed by atoms with Gasteiger partial charge in [-0.3, -0.25) is 4.79 Å². The summed E-state index contributed by atoms with van der Waals surface area (Å²) in [5, 5.41) is 6.34. The fraction of sp³-hybridized carbons (Fsp3) is 0.556. The molecule has 1 aliphatic rings. The second kappa shape index (κ2) is 9.56. The van der Waals surface area contributed by atoms with Crippen molar-refractivity contribution in [3.8, 4) is 0 Å². The molecular formula is C18H28N4O3S. The lowest BCUT2D eigenvalue weighted by molar-refractivity contribution is -0.128. The van der Waals surface area contributed by atoms with Gasteiger partial charge in [-0.1, -0.05) is 12.1 Å². The number of likely N-dealkylation sites (tertiary alicyclic amines) is 1. The maximum Gasteiger partial charge on any atom is 0.244 e. The summed E-state index contributed by atoms with van der Waals surface area (Å²) >= 11 is 0. The predicted molar refractivity (Wildman–Crippen MR) is 103 cm³/mol. The molecule has 1 fully saturated rings. The average molecular weight is 381 g/mol. The highest BCUT2D eigenvalue weighted by atomic mass is 32.2. The molecule has 1 heterocycles. The van der Waals surface area contributed by atoms with E-state index in [2.05, 4.69) is 15.6 Å². The standard InChI is InChI=1S/C18H28N4O3S/c1-3-19-18(21-14-17(23)22-12-4-5-13-22)20-11-10-15-6-8-16(9-7-15)26(2,24)25/h6-9H,3-5,10-14H2,1-2H3,(H2,19,20,21). The van der Waals surface area contributed by atoms with E-state index < -0.39 is 9.84 Å². The van der Waals surface area contributed by atoms with Gasteiger partial charge in [-0.2, -0.15) is 0 Å². The zero-order chi connectivity index (χ0) is 19.0. The zero-order valence-corrected chi connectivity index (χ0v) is 16.3. The molecule has 1 aliphatic heterocycles. The van der Waals surface area contributed by atoms with Crippen LogP contribution in [0.5, 0.6) is 0 Å². The first-order valence-corrected chi connectivity index (χ1v) is 10.9. The summed E-state index contributed by atoms with van der Waals surface area (Å²) < 4.78 is 22.9. The number of sulfone groups is 1. The summed E-state index contributed by atoms with van der Waals surface area (Å²) in [6.07, 6.45) is 4.08. The van der Waals surface area contributed by atoms with Crippen LogP contribution in [0, 0.1) is 0 Å². The van der Waals surface area contributed by atoms with Crippen molar-refractivity contribution < 1.29 is 13.2 Å². The molecule has 1 amide bonds. The molecule has 0 atom stereocenters. The third-order valence-corrected chi connectivity index (χ3v) is 5.36. The largest absolute Gasteiger partial charge is 0.357 e. The molecule has 2 N–H and O–H groups in total. The van der Waals surface area contributed by atoms with Crippen molar-refractivity contribution in [2.24, 2.45) is 4.99 Å². The maximum absolute atomic E-state index is 12.1. The van der Waals surface area contributed by atoms with E-state index in [9.17, 15) is 13.2 Å². The number of aliphatic imine (C=N–C) groups is 1. The van der Waals surface area contributed by atoms with Crippen LogP contribution in [0.2, 0.25) is 0 Å². The molecule has 0 bridgehead atoms. The normalized spacial score (nSPS) is 15.2. The van der Waals surface area contributed by atoms with Gasteiger partial charge in [-0.05, 0) is 43.9 Å². The van der Waals surface area contributed by atoms with Crippen LogP contribution in [0.15, 0.2) is 34.2 Å². The van der Waals surface area contributed by atoms with E-state index in [1.807, 2.05) is 24.0 Å². The first-order valence-electron chi connectivity index (χ1n) is 8.99. The highest BCUT2D eigenvalue weighted by Gasteiger charge is 2.17. The van der Waals surface area contributed by atoms with Crippen molar-refractivity contribution in [1.82, 2.24) is 15.5 Å². The molecule has 1 saturated heterocycles. The van der Waals surface area contributed by atoms with Gasteiger partial charge in [0.05, 0.1) is 4.90 Å². The Kier molecular flexibility index (Phi) is 7.44. The Morgan fingerprint density at radius 2 is 1.81 bits per heavy atom. The molecule has 0 unspecified atom stereocenters. The topological polar surface area (TPSA) is 90.9 Å². The quantitative estimate of drug-likeness (QED) is 0.540. The average Bonchev–Trinajstić information content (AvgIpc) is 3.14. The van der Waals surface area contributed by atoms with Crippen LogP contribution in [-0.4, -0.2) is 64.2 Å².